The van der Waals surface area contributed by atoms with Gasteiger partial charge >= 0.3 is 0 Å². The topological polar surface area (TPSA) is 87.5 Å². The second-order valence-corrected chi connectivity index (χ2v) is 6.54. The Morgan fingerprint density at radius 2 is 1.75 bits per heavy atom. The van der Waals surface area contributed by atoms with E-state index in [0.29, 0.717) is 6.54 Å². The molecular formula is C18H30N4O2. The van der Waals surface area contributed by atoms with Gasteiger partial charge in [0.25, 0.3) is 0 Å². The number of hydrogen-bond donors (Lipinski definition) is 3. The maximum absolute atomic E-state index is 11.8. The predicted octanol–water partition coefficient (Wildman–Crippen LogP) is 0.723. The lowest BCUT2D eigenvalue weighted by Gasteiger charge is -2.25. The highest BCUT2D eigenvalue weighted by atomic mass is 16.2. The summed E-state index contributed by atoms with van der Waals surface area (Å²) in [5, 5.41) is 5.40. The summed E-state index contributed by atoms with van der Waals surface area (Å²) in [6, 6.07) is 9.77. The first kappa shape index (κ1) is 20.1. The zero-order valence-electron chi connectivity index (χ0n) is 15.1. The zero-order chi connectivity index (χ0) is 18.1. The molecule has 6 nitrogen and oxygen atoms in total. The summed E-state index contributed by atoms with van der Waals surface area (Å²) >= 11 is 0. The number of amides is 2. The molecule has 2 atom stereocenters. The zero-order valence-corrected chi connectivity index (χ0v) is 15.1. The normalized spacial score (nSPS) is 13.6. The number of likely N-dealkylation sites (N-methyl/N-ethyl adjacent to an activating group) is 1. The van der Waals surface area contributed by atoms with Gasteiger partial charge < -0.3 is 16.4 Å². The Bertz CT molecular complexity index is 519. The third-order valence-corrected chi connectivity index (χ3v) is 4.07. The highest BCUT2D eigenvalue weighted by molar-refractivity contribution is 5.87. The largest absolute Gasteiger partial charge is 0.353 e. The van der Waals surface area contributed by atoms with Gasteiger partial charge in [0, 0.05) is 19.1 Å². The first-order chi connectivity index (χ1) is 11.3. The number of benzene rings is 1. The molecule has 0 saturated heterocycles. The Labute approximate surface area is 144 Å². The van der Waals surface area contributed by atoms with E-state index >= 15 is 0 Å². The van der Waals surface area contributed by atoms with Crippen molar-refractivity contribution in [1.82, 2.24) is 15.5 Å². The van der Waals surface area contributed by atoms with Gasteiger partial charge in [0.2, 0.25) is 11.8 Å². The van der Waals surface area contributed by atoms with E-state index in [4.69, 9.17) is 5.73 Å². The third kappa shape index (κ3) is 7.10. The van der Waals surface area contributed by atoms with Crippen molar-refractivity contribution in [3.63, 3.8) is 0 Å². The summed E-state index contributed by atoms with van der Waals surface area (Å²) < 4.78 is 0. The fourth-order valence-electron chi connectivity index (χ4n) is 2.10. The maximum atomic E-state index is 11.8. The molecule has 0 bridgehead atoms. The number of hydrogen-bond acceptors (Lipinski definition) is 4. The van der Waals surface area contributed by atoms with Crippen LogP contribution in [0.25, 0.3) is 0 Å². The Hall–Kier alpha value is -1.92. The molecule has 0 aliphatic rings. The van der Waals surface area contributed by atoms with Gasteiger partial charge in [-0.05, 0) is 25.5 Å². The minimum absolute atomic E-state index is 0.0414. The summed E-state index contributed by atoms with van der Waals surface area (Å²) in [6.45, 7) is 7.08. The molecule has 4 N–H and O–H groups in total. The lowest BCUT2D eigenvalue weighted by molar-refractivity contribution is -0.127. The van der Waals surface area contributed by atoms with Crippen molar-refractivity contribution in [2.45, 2.75) is 39.4 Å². The highest BCUT2D eigenvalue weighted by Crippen LogP contribution is 2.05. The molecule has 0 aliphatic carbocycles. The van der Waals surface area contributed by atoms with Crippen LogP contribution in [-0.2, 0) is 16.1 Å². The quantitative estimate of drug-likeness (QED) is 0.621. The van der Waals surface area contributed by atoms with E-state index in [9.17, 15) is 9.59 Å². The van der Waals surface area contributed by atoms with Gasteiger partial charge in [0.1, 0.15) is 0 Å². The monoisotopic (exact) mass is 334 g/mol. The Kier molecular flexibility index (Phi) is 8.43. The average Bonchev–Trinajstić information content (AvgIpc) is 2.57. The molecule has 1 aromatic rings. The van der Waals surface area contributed by atoms with Crippen LogP contribution >= 0.6 is 0 Å². The predicted molar refractivity (Wildman–Crippen MR) is 96.2 cm³/mol. The second-order valence-electron chi connectivity index (χ2n) is 6.54. The van der Waals surface area contributed by atoms with Gasteiger partial charge in [-0.1, -0.05) is 44.2 Å². The van der Waals surface area contributed by atoms with E-state index in [-0.39, 0.29) is 30.3 Å². The summed E-state index contributed by atoms with van der Waals surface area (Å²) in [4.78, 5) is 25.7. The molecule has 134 valence electrons. The van der Waals surface area contributed by atoms with Crippen molar-refractivity contribution in [3.05, 3.63) is 35.9 Å². The van der Waals surface area contributed by atoms with Crippen LogP contribution in [0, 0.1) is 5.92 Å². The fourth-order valence-corrected chi connectivity index (χ4v) is 2.10. The smallest absolute Gasteiger partial charge is 0.239 e. The van der Waals surface area contributed by atoms with Crippen LogP contribution < -0.4 is 16.4 Å². The number of carbonyl (C=O) groups is 2. The number of carbonyl (C=O) groups excluding carboxylic acids is 2. The molecule has 0 saturated carbocycles. The van der Waals surface area contributed by atoms with E-state index in [2.05, 4.69) is 34.6 Å². The first-order valence-electron chi connectivity index (χ1n) is 8.35. The van der Waals surface area contributed by atoms with Crippen LogP contribution in [0.2, 0.25) is 0 Å². The molecule has 0 aliphatic heterocycles. The molecule has 2 amide bonds. The summed E-state index contributed by atoms with van der Waals surface area (Å²) in [7, 11) is 2.02. The van der Waals surface area contributed by atoms with Crippen LogP contribution in [0.3, 0.4) is 0 Å². The molecule has 0 heterocycles. The molecule has 0 aromatic heterocycles. The Morgan fingerprint density at radius 3 is 2.33 bits per heavy atom. The lowest BCUT2D eigenvalue weighted by Crippen LogP contribution is -2.48. The summed E-state index contributed by atoms with van der Waals surface area (Å²) in [6.07, 6.45) is 0. The number of nitrogens with one attached hydrogen (secondary N) is 2. The molecule has 1 aromatic carbocycles. The van der Waals surface area contributed by atoms with Gasteiger partial charge in [-0.15, -0.1) is 0 Å². The SMILES string of the molecule is CC(C)[C@H](N)C(=O)NCC(=O)NCC(C)N(C)Cc1ccccc1. The third-order valence-electron chi connectivity index (χ3n) is 4.07. The molecule has 0 spiro atoms. The molecule has 1 unspecified atom stereocenters. The molecule has 24 heavy (non-hydrogen) atoms. The summed E-state index contributed by atoms with van der Waals surface area (Å²) in [5.41, 5.74) is 6.96. The van der Waals surface area contributed by atoms with E-state index in [0.717, 1.165) is 6.54 Å². The van der Waals surface area contributed by atoms with Gasteiger partial charge in [0.05, 0.1) is 12.6 Å². The van der Waals surface area contributed by atoms with Crippen molar-refractivity contribution in [1.29, 1.82) is 0 Å². The van der Waals surface area contributed by atoms with E-state index in [1.165, 1.54) is 5.56 Å². The number of nitrogens with two attached hydrogens (primary N) is 1. The van der Waals surface area contributed by atoms with Gasteiger partial charge in [0.15, 0.2) is 0 Å². The number of rotatable bonds is 9. The van der Waals surface area contributed by atoms with Crippen LogP contribution in [0.5, 0.6) is 0 Å². The van der Waals surface area contributed by atoms with Crippen LogP contribution in [0.1, 0.15) is 26.3 Å². The second kappa shape index (κ2) is 10.1. The van der Waals surface area contributed by atoms with Crippen LogP contribution in [0.4, 0.5) is 0 Å². The van der Waals surface area contributed by atoms with Gasteiger partial charge in [-0.25, -0.2) is 0 Å². The van der Waals surface area contributed by atoms with E-state index in [1.54, 1.807) is 0 Å². The van der Waals surface area contributed by atoms with Crippen molar-refractivity contribution < 1.29 is 9.59 Å². The van der Waals surface area contributed by atoms with Crippen molar-refractivity contribution >= 4 is 11.8 Å². The fraction of sp³-hybridized carbons (Fsp3) is 0.556. The summed E-state index contributed by atoms with van der Waals surface area (Å²) in [5.74, 6) is -0.464. The lowest BCUT2D eigenvalue weighted by atomic mass is 10.1. The van der Waals surface area contributed by atoms with Crippen LogP contribution in [-0.4, -0.2) is 48.9 Å². The minimum atomic E-state index is -0.589. The minimum Gasteiger partial charge on any atom is -0.353 e. The molecule has 1 rings (SSSR count). The number of nitrogens with zero attached hydrogens (tertiary/aromatic N) is 1. The van der Waals surface area contributed by atoms with E-state index < -0.39 is 6.04 Å². The first-order valence-corrected chi connectivity index (χ1v) is 8.35. The Morgan fingerprint density at radius 1 is 1.12 bits per heavy atom. The van der Waals surface area contributed by atoms with Crippen molar-refractivity contribution in [2.24, 2.45) is 11.7 Å². The van der Waals surface area contributed by atoms with Crippen LogP contribution in [0.15, 0.2) is 30.3 Å². The van der Waals surface area contributed by atoms with Crippen molar-refractivity contribution in [3.8, 4) is 0 Å². The molecule has 6 heteroatoms. The maximum Gasteiger partial charge on any atom is 0.239 e. The average molecular weight is 334 g/mol. The molecule has 0 radical (unpaired) electrons. The van der Waals surface area contributed by atoms with Gasteiger partial charge in [-0.2, -0.15) is 0 Å². The standard InChI is InChI=1S/C18H30N4O2/c1-13(2)17(19)18(24)21-11-16(23)20-10-14(3)22(4)12-15-8-6-5-7-9-15/h5-9,13-14,17H,10-12,19H2,1-4H3,(H,20,23)(H,21,24)/t14?,17-/m0/s1. The molecular weight excluding hydrogens is 304 g/mol. The highest BCUT2D eigenvalue weighted by Gasteiger charge is 2.18. The molecule has 0 fully saturated rings. The van der Waals surface area contributed by atoms with Crippen molar-refractivity contribution in [2.75, 3.05) is 20.1 Å². The van der Waals surface area contributed by atoms with E-state index in [1.807, 2.05) is 39.1 Å². The Balaban J connectivity index is 2.29. The van der Waals surface area contributed by atoms with Gasteiger partial charge in [-0.3, -0.25) is 14.5 Å².